The smallest absolute Gasteiger partial charge is 0.0727 e. The predicted molar refractivity (Wildman–Crippen MR) is 401 cm³/mol. The summed E-state index contributed by atoms with van der Waals surface area (Å²) in [4.78, 5) is 0. The van der Waals surface area contributed by atoms with Gasteiger partial charge in [-0.2, -0.15) is 0 Å². The molecule has 0 amide bonds. The third-order valence-electron chi connectivity index (χ3n) is 18.0. The molecule has 10 aromatic carbocycles. The predicted octanol–water partition coefficient (Wildman–Crippen LogP) is 23.3. The fourth-order valence-corrected chi connectivity index (χ4v) is 18.8. The van der Waals surface area contributed by atoms with E-state index in [-0.39, 0.29) is 0 Å². The maximum absolute atomic E-state index is 3.26. The summed E-state index contributed by atoms with van der Waals surface area (Å²) in [7, 11) is 0. The van der Waals surface area contributed by atoms with E-state index in [1.807, 2.05) is 73.0 Å². The fourth-order valence-electron chi connectivity index (χ4n) is 13.8. The lowest BCUT2D eigenvalue weighted by Gasteiger charge is -2.10. The summed E-state index contributed by atoms with van der Waals surface area (Å²) in [5.74, 6) is 25.3. The summed E-state index contributed by atoms with van der Waals surface area (Å²) in [5.41, 5.74) is 23.9. The second kappa shape index (κ2) is 21.6. The van der Waals surface area contributed by atoms with Gasteiger partial charge >= 0.3 is 0 Å². The largest absolute Gasteiger partial charge is 0.308 e. The second-order valence-corrected chi connectivity index (χ2v) is 28.1. The molecule has 0 fully saturated rings. The van der Waals surface area contributed by atoms with Gasteiger partial charge in [0.2, 0.25) is 0 Å². The van der Waals surface area contributed by atoms with Crippen LogP contribution in [0.15, 0.2) is 194 Å². The summed E-state index contributed by atoms with van der Waals surface area (Å²) in [6.07, 6.45) is 0. The maximum atomic E-state index is 3.26. The third kappa shape index (κ3) is 8.68. The summed E-state index contributed by atoms with van der Waals surface area (Å²) in [5, 5.41) is 10.2. The van der Waals surface area contributed by atoms with Crippen LogP contribution in [0.2, 0.25) is 0 Å². The lowest BCUT2D eigenvalue weighted by atomic mass is 10.1. The average molecular weight is 1250 g/mol. The van der Waals surface area contributed by atoms with Crippen LogP contribution in [0.25, 0.3) is 148 Å². The Morgan fingerprint density at radius 1 is 0.239 bits per heavy atom. The van der Waals surface area contributed by atoms with Crippen molar-refractivity contribution in [1.82, 2.24) is 18.3 Å². The van der Waals surface area contributed by atoms with E-state index >= 15 is 0 Å². The molecule has 18 rings (SSSR count). The van der Waals surface area contributed by atoms with Crippen LogP contribution in [0, 0.1) is 75.1 Å². The molecule has 0 aliphatic rings. The molecule has 4 nitrogen and oxygen atoms in total. The summed E-state index contributed by atoms with van der Waals surface area (Å²) in [6.45, 7) is 16.2. The van der Waals surface area contributed by atoms with E-state index in [2.05, 4.69) is 287 Å². The first-order valence-corrected chi connectivity index (χ1v) is 34.1. The monoisotopic (exact) mass is 1250 g/mol. The maximum Gasteiger partial charge on any atom is 0.0727 e. The van der Waals surface area contributed by atoms with E-state index in [1.165, 1.54) is 170 Å². The Morgan fingerprint density at radius 2 is 0.446 bits per heavy atom. The van der Waals surface area contributed by atoms with Gasteiger partial charge in [-0.05, 0) is 177 Å². The number of hydrogen-bond donors (Lipinski definition) is 0. The number of hydrogen-bond acceptors (Lipinski definition) is 4. The Bertz CT molecular complexity index is 5660. The van der Waals surface area contributed by atoms with Gasteiger partial charge in [0.25, 0.3) is 0 Å². The lowest BCUT2D eigenvalue weighted by molar-refractivity contribution is 1.18. The minimum atomic E-state index is 1.06. The molecule has 0 aliphatic carbocycles. The van der Waals surface area contributed by atoms with Gasteiger partial charge in [0.05, 0.1) is 62.9 Å². The van der Waals surface area contributed by atoms with Crippen LogP contribution in [0.3, 0.4) is 0 Å². The zero-order valence-corrected chi connectivity index (χ0v) is 55.2. The molecule has 0 unspecified atom stereocenters. The number of rotatable bonds is 4. The quantitative estimate of drug-likeness (QED) is 0.157. The second-order valence-electron chi connectivity index (χ2n) is 23.9. The highest BCUT2D eigenvalue weighted by Crippen LogP contribution is 2.51. The van der Waals surface area contributed by atoms with E-state index in [1.54, 1.807) is 0 Å². The highest BCUT2D eigenvalue weighted by molar-refractivity contribution is 7.28. The van der Waals surface area contributed by atoms with E-state index in [9.17, 15) is 0 Å². The molecule has 0 radical (unpaired) electrons. The van der Waals surface area contributed by atoms with Crippen LogP contribution in [0.4, 0.5) is 0 Å². The number of thiophene rings is 4. The minimum Gasteiger partial charge on any atom is -0.308 e. The van der Waals surface area contributed by atoms with Crippen molar-refractivity contribution in [3.8, 4) is 70.1 Å². The van der Waals surface area contributed by atoms with E-state index in [0.717, 1.165) is 22.3 Å². The normalized spacial score (nSPS) is 11.6. The number of nitrogens with zero attached hydrogens (tertiary/aromatic N) is 4. The first-order chi connectivity index (χ1) is 45.0. The lowest BCUT2D eigenvalue weighted by Crippen LogP contribution is -1.95. The van der Waals surface area contributed by atoms with Crippen molar-refractivity contribution in [1.29, 1.82) is 0 Å². The van der Waals surface area contributed by atoms with Gasteiger partial charge in [0.1, 0.15) is 0 Å². The van der Waals surface area contributed by atoms with Crippen LogP contribution < -0.4 is 0 Å². The van der Waals surface area contributed by atoms with Crippen LogP contribution in [-0.2, 0) is 0 Å². The molecule has 92 heavy (non-hydrogen) atoms. The summed E-state index contributed by atoms with van der Waals surface area (Å²) < 4.78 is 20.2. The van der Waals surface area contributed by atoms with Crippen LogP contribution in [0.5, 0.6) is 0 Å². The molecule has 436 valence electrons. The number of aryl methyl sites for hydroxylation is 4. The van der Waals surface area contributed by atoms with Crippen molar-refractivity contribution in [3.05, 3.63) is 239 Å². The first kappa shape index (κ1) is 55.5. The summed E-state index contributed by atoms with van der Waals surface area (Å²) >= 11 is 7.49. The standard InChI is InChI=1S/2C42H28N2S2/c2*1-5-7-27-13-19-31-37(21-27)45-41-33-23-36-34(24-35(33)43(39(31)41)29-15-9-25(3)10-16-29)42-40(44(36)30-17-11-26(4)12-18-30)32-20-14-28(8-6-2)22-38(32)46-42/h2*9-24H,1-4H3. The van der Waals surface area contributed by atoms with Crippen LogP contribution in [-0.4, -0.2) is 18.3 Å². The van der Waals surface area contributed by atoms with Gasteiger partial charge in [0, 0.05) is 107 Å². The minimum absolute atomic E-state index is 1.06. The van der Waals surface area contributed by atoms with Gasteiger partial charge in [-0.15, -0.1) is 69.0 Å². The van der Waals surface area contributed by atoms with Crippen molar-refractivity contribution in [2.75, 3.05) is 0 Å². The number of fused-ring (bicyclic) bond motifs is 20. The van der Waals surface area contributed by atoms with Crippen molar-refractivity contribution < 1.29 is 0 Å². The molecule has 0 N–H and O–H groups in total. The number of benzene rings is 10. The van der Waals surface area contributed by atoms with Crippen molar-refractivity contribution in [2.24, 2.45) is 0 Å². The highest BCUT2D eigenvalue weighted by atomic mass is 32.1. The van der Waals surface area contributed by atoms with Gasteiger partial charge in [-0.25, -0.2) is 0 Å². The topological polar surface area (TPSA) is 19.7 Å². The Labute approximate surface area is 548 Å². The van der Waals surface area contributed by atoms with E-state index < -0.39 is 0 Å². The van der Waals surface area contributed by atoms with Crippen molar-refractivity contribution in [2.45, 2.75) is 55.4 Å². The van der Waals surface area contributed by atoms with Gasteiger partial charge in [-0.1, -0.05) is 119 Å². The summed E-state index contributed by atoms with van der Waals surface area (Å²) in [6, 6.07) is 72.1. The first-order valence-electron chi connectivity index (χ1n) is 30.9. The molecular weight excluding hydrogens is 1190 g/mol. The molecule has 8 heteroatoms. The Balaban J connectivity index is 0.000000141. The molecule has 18 aromatic rings. The Hall–Kier alpha value is -10.5. The average Bonchev–Trinajstić information content (AvgIpc) is 1.54. The van der Waals surface area contributed by atoms with Gasteiger partial charge in [0.15, 0.2) is 0 Å². The zero-order chi connectivity index (χ0) is 62.2. The van der Waals surface area contributed by atoms with Crippen LogP contribution in [0.1, 0.15) is 72.2 Å². The number of aromatic nitrogens is 4. The molecule has 0 aliphatic heterocycles. The molecular formula is C84H56N4S4. The molecule has 8 aromatic heterocycles. The Kier molecular flexibility index (Phi) is 13.0. The molecule has 0 atom stereocenters. The molecule has 8 heterocycles. The molecule has 0 saturated heterocycles. The van der Waals surface area contributed by atoms with E-state index in [0.29, 0.717) is 0 Å². The molecule has 0 spiro atoms. The van der Waals surface area contributed by atoms with E-state index in [4.69, 9.17) is 0 Å². The fraction of sp³-hybridized carbons (Fsp3) is 0.0952. The van der Waals surface area contributed by atoms with Crippen molar-refractivity contribution >= 4 is 170 Å². The Morgan fingerprint density at radius 3 is 0.641 bits per heavy atom. The zero-order valence-electron chi connectivity index (χ0n) is 51.9. The van der Waals surface area contributed by atoms with Gasteiger partial charge in [-0.3, -0.25) is 0 Å². The SMILES string of the molecule is CC#Cc1ccc2c(c1)sc1c3cc4c(cc3n(-c3ccc(C)cc3)c21)c1sc2cc(C#CC)ccc2c1n4-c1ccc(C)cc1.CC#Cc1ccc2c(c1)sc1c3cc4c(cc3n(-c3ccc(C)cc3)c21)c1sc2cc(C#CC)ccc2c1n4-c1ccc(C)cc1. The highest BCUT2D eigenvalue weighted by Gasteiger charge is 2.26. The van der Waals surface area contributed by atoms with Crippen molar-refractivity contribution in [3.63, 3.8) is 0 Å². The van der Waals surface area contributed by atoms with Gasteiger partial charge < -0.3 is 18.3 Å². The van der Waals surface area contributed by atoms with Crippen LogP contribution >= 0.6 is 45.3 Å². The molecule has 0 saturated carbocycles. The molecule has 0 bridgehead atoms. The third-order valence-corrected chi connectivity index (χ3v) is 22.7.